The van der Waals surface area contributed by atoms with E-state index in [0.29, 0.717) is 24.2 Å². The molecule has 1 saturated carbocycles. The van der Waals surface area contributed by atoms with Gasteiger partial charge in [-0.05, 0) is 24.1 Å². The van der Waals surface area contributed by atoms with Crippen LogP contribution in [-0.4, -0.2) is 42.0 Å². The Morgan fingerprint density at radius 1 is 0.976 bits per heavy atom. The normalized spacial score (nSPS) is 20.0. The highest BCUT2D eigenvalue weighted by Crippen LogP contribution is 2.49. The molecule has 0 saturated heterocycles. The summed E-state index contributed by atoms with van der Waals surface area (Å²) in [6.07, 6.45) is 2.93. The molecule has 1 amide bonds. The van der Waals surface area contributed by atoms with Gasteiger partial charge >= 0.3 is 6.09 Å². The average Bonchev–Trinajstić information content (AvgIpc) is 3.61. The molecule has 3 aromatic heterocycles. The van der Waals surface area contributed by atoms with E-state index in [2.05, 4.69) is 15.3 Å². The summed E-state index contributed by atoms with van der Waals surface area (Å²) in [5, 5.41) is 33.6. The third-order valence-corrected chi connectivity index (χ3v) is 9.54. The Bertz CT molecular complexity index is 1720. The molecule has 41 heavy (non-hydrogen) atoms. The Morgan fingerprint density at radius 2 is 1.71 bits per heavy atom. The van der Waals surface area contributed by atoms with Gasteiger partial charge in [0, 0.05) is 41.9 Å². The molecule has 1 aliphatic rings. The van der Waals surface area contributed by atoms with Crippen molar-refractivity contribution in [2.75, 3.05) is 5.73 Å². The van der Waals surface area contributed by atoms with E-state index in [4.69, 9.17) is 10.7 Å². The summed E-state index contributed by atoms with van der Waals surface area (Å²) >= 11 is 3.06. The lowest BCUT2D eigenvalue weighted by atomic mass is 9.62. The molecule has 208 valence electrons. The number of pyridine rings is 1. The van der Waals surface area contributed by atoms with Gasteiger partial charge in [0.1, 0.15) is 15.8 Å². The van der Waals surface area contributed by atoms with Crippen LogP contribution in [0.5, 0.6) is 0 Å². The van der Waals surface area contributed by atoms with Gasteiger partial charge in [-0.2, -0.15) is 0 Å². The summed E-state index contributed by atoms with van der Waals surface area (Å²) in [7, 11) is 0. The summed E-state index contributed by atoms with van der Waals surface area (Å²) in [5.41, 5.74) is 8.98. The van der Waals surface area contributed by atoms with E-state index < -0.39 is 17.2 Å². The van der Waals surface area contributed by atoms with Gasteiger partial charge in [-0.3, -0.25) is 0 Å². The number of carboxylic acid groups (broad SMARTS) is 1. The van der Waals surface area contributed by atoms with Crippen molar-refractivity contribution >= 4 is 34.6 Å². The molecule has 0 unspecified atom stereocenters. The Morgan fingerprint density at radius 3 is 2.37 bits per heavy atom. The first-order chi connectivity index (χ1) is 19.7. The second-order valence-corrected chi connectivity index (χ2v) is 12.5. The third kappa shape index (κ3) is 5.20. The highest BCUT2D eigenvalue weighted by molar-refractivity contribution is 7.25. The number of hydrogen-bond donors (Lipinski definition) is 5. The van der Waals surface area contributed by atoms with Crippen molar-refractivity contribution in [1.82, 2.24) is 20.3 Å². The zero-order valence-corrected chi connectivity index (χ0v) is 23.7. The van der Waals surface area contributed by atoms with E-state index in [1.165, 1.54) is 11.3 Å². The molecule has 1 aliphatic carbocycles. The van der Waals surface area contributed by atoms with Crippen molar-refractivity contribution < 1.29 is 20.1 Å². The Balaban J connectivity index is 1.37. The summed E-state index contributed by atoms with van der Waals surface area (Å²) in [5.74, 6) is 0.295. The van der Waals surface area contributed by atoms with Crippen LogP contribution in [0.25, 0.3) is 42.2 Å². The molecule has 3 heterocycles. The van der Waals surface area contributed by atoms with Crippen molar-refractivity contribution in [1.29, 1.82) is 0 Å². The number of thiazole rings is 2. The number of hydrogen-bond acceptors (Lipinski definition) is 9. The van der Waals surface area contributed by atoms with E-state index in [1.807, 2.05) is 54.6 Å². The van der Waals surface area contributed by atoms with Gasteiger partial charge in [-0.15, -0.1) is 22.7 Å². The van der Waals surface area contributed by atoms with Crippen LogP contribution in [0.3, 0.4) is 0 Å². The molecule has 1 fully saturated rings. The number of aromatic nitrogens is 3. The molecule has 2 aromatic carbocycles. The molecule has 11 heteroatoms. The topological polar surface area (TPSA) is 154 Å². The predicted octanol–water partition coefficient (Wildman–Crippen LogP) is 5.74. The number of nitrogen functional groups attached to an aromatic ring is 1. The standard InChI is InChI=1S/C30H27N5O4S2/c1-29(39)15-30(16-29,35-28(37)38)21-9-7-17(8-10-21)23-24(18-5-3-2-4-6-18)41-27(34-23)22-13-33-26(40-22)19-11-20(14-36)25(31)32-12-19/h2-13,35-36,39H,14-16H2,1H3,(H2,31,32)(H,37,38). The number of carbonyl (C=O) groups is 1. The minimum Gasteiger partial charge on any atom is -0.465 e. The van der Waals surface area contributed by atoms with E-state index in [1.54, 1.807) is 36.7 Å². The van der Waals surface area contributed by atoms with Crippen molar-refractivity contribution in [3.8, 4) is 42.2 Å². The summed E-state index contributed by atoms with van der Waals surface area (Å²) in [6, 6.07) is 19.6. The maximum Gasteiger partial charge on any atom is 0.405 e. The van der Waals surface area contributed by atoms with Crippen molar-refractivity contribution in [2.24, 2.45) is 0 Å². The van der Waals surface area contributed by atoms with Crippen LogP contribution in [0.2, 0.25) is 0 Å². The molecule has 0 spiro atoms. The number of aliphatic hydroxyl groups is 2. The number of benzene rings is 2. The van der Waals surface area contributed by atoms with Crippen molar-refractivity contribution in [3.63, 3.8) is 0 Å². The van der Waals surface area contributed by atoms with Gasteiger partial charge in [0.25, 0.3) is 0 Å². The number of rotatable bonds is 7. The van der Waals surface area contributed by atoms with E-state index >= 15 is 0 Å². The highest BCUT2D eigenvalue weighted by atomic mass is 32.1. The Kier molecular flexibility index (Phi) is 6.82. The lowest BCUT2D eigenvalue weighted by molar-refractivity contribution is -0.0858. The quantitative estimate of drug-likeness (QED) is 0.162. The fraction of sp³-hybridized carbons (Fsp3) is 0.200. The van der Waals surface area contributed by atoms with E-state index in [9.17, 15) is 20.1 Å². The number of nitrogens with zero attached hydrogens (tertiary/aromatic N) is 3. The Labute approximate surface area is 244 Å². The second kappa shape index (κ2) is 10.3. The lowest BCUT2D eigenvalue weighted by Crippen LogP contribution is -2.61. The second-order valence-electron chi connectivity index (χ2n) is 10.5. The molecule has 0 radical (unpaired) electrons. The van der Waals surface area contributed by atoms with Crippen LogP contribution in [0.1, 0.15) is 30.9 Å². The summed E-state index contributed by atoms with van der Waals surface area (Å²) < 4.78 is 0. The molecular weight excluding hydrogens is 558 g/mol. The maximum atomic E-state index is 11.5. The average molecular weight is 586 g/mol. The SMILES string of the molecule is CC1(O)CC(NC(=O)O)(c2ccc(-c3nc(-c4cnc(-c5cnc(N)c(CO)c5)s4)sc3-c3ccccc3)cc2)C1. The largest absolute Gasteiger partial charge is 0.465 e. The van der Waals surface area contributed by atoms with Gasteiger partial charge in [0.2, 0.25) is 0 Å². The third-order valence-electron chi connectivity index (χ3n) is 7.22. The number of anilines is 1. The molecule has 0 atom stereocenters. The van der Waals surface area contributed by atoms with Crippen LogP contribution >= 0.6 is 22.7 Å². The minimum atomic E-state index is -1.12. The Hall–Kier alpha value is -4.16. The van der Waals surface area contributed by atoms with Crippen molar-refractivity contribution in [2.45, 2.75) is 37.5 Å². The number of nitrogens with two attached hydrogens (primary N) is 1. The number of amides is 1. The molecular formula is C30H27N5O4S2. The van der Waals surface area contributed by atoms with E-state index in [0.717, 1.165) is 47.7 Å². The molecule has 5 aromatic rings. The smallest absolute Gasteiger partial charge is 0.405 e. The minimum absolute atomic E-state index is 0.202. The fourth-order valence-electron chi connectivity index (χ4n) is 5.44. The molecule has 0 bridgehead atoms. The zero-order chi connectivity index (χ0) is 28.8. The van der Waals surface area contributed by atoms with Gasteiger partial charge < -0.3 is 26.4 Å². The van der Waals surface area contributed by atoms with Crippen LogP contribution in [0.4, 0.5) is 10.6 Å². The molecule has 6 rings (SSSR count). The van der Waals surface area contributed by atoms with Gasteiger partial charge in [-0.1, -0.05) is 54.6 Å². The summed E-state index contributed by atoms with van der Waals surface area (Å²) in [4.78, 5) is 27.3. The van der Waals surface area contributed by atoms with Crippen LogP contribution in [-0.2, 0) is 12.1 Å². The first-order valence-corrected chi connectivity index (χ1v) is 14.5. The van der Waals surface area contributed by atoms with Crippen LogP contribution < -0.4 is 11.1 Å². The van der Waals surface area contributed by atoms with Gasteiger partial charge in [0.15, 0.2) is 0 Å². The van der Waals surface area contributed by atoms with Crippen LogP contribution in [0, 0.1) is 0 Å². The summed E-state index contributed by atoms with van der Waals surface area (Å²) in [6.45, 7) is 1.51. The lowest BCUT2D eigenvalue weighted by Gasteiger charge is -2.51. The predicted molar refractivity (Wildman–Crippen MR) is 160 cm³/mol. The first-order valence-electron chi connectivity index (χ1n) is 12.9. The van der Waals surface area contributed by atoms with Crippen molar-refractivity contribution in [3.05, 3.63) is 84.2 Å². The van der Waals surface area contributed by atoms with Gasteiger partial charge in [-0.25, -0.2) is 19.7 Å². The first kappa shape index (κ1) is 27.0. The highest BCUT2D eigenvalue weighted by Gasteiger charge is 2.53. The zero-order valence-electron chi connectivity index (χ0n) is 22.0. The fourth-order valence-corrected chi connectivity index (χ4v) is 7.47. The number of nitrogens with one attached hydrogen (secondary N) is 1. The number of aliphatic hydroxyl groups excluding tert-OH is 1. The maximum absolute atomic E-state index is 11.5. The monoisotopic (exact) mass is 585 g/mol. The molecule has 9 nitrogen and oxygen atoms in total. The molecule has 0 aliphatic heterocycles. The van der Waals surface area contributed by atoms with Gasteiger partial charge in [0.05, 0.1) is 33.2 Å². The van der Waals surface area contributed by atoms with E-state index in [-0.39, 0.29) is 6.61 Å². The van der Waals surface area contributed by atoms with Crippen LogP contribution in [0.15, 0.2) is 73.1 Å². The molecule has 6 N–H and O–H groups in total.